The van der Waals surface area contributed by atoms with E-state index in [0.717, 1.165) is 16.6 Å². The Morgan fingerprint density at radius 3 is 2.24 bits per heavy atom. The van der Waals surface area contributed by atoms with Gasteiger partial charge in [0, 0.05) is 6.20 Å². The maximum atomic E-state index is 4.15. The topological polar surface area (TPSA) is 12.9 Å². The van der Waals surface area contributed by atoms with Gasteiger partial charge in [-0.2, -0.15) is 0 Å². The lowest BCUT2D eigenvalue weighted by molar-refractivity contribution is 1.09. The van der Waals surface area contributed by atoms with Crippen LogP contribution in [-0.4, -0.2) is 4.98 Å². The number of pyridine rings is 1. The molecule has 0 amide bonds. The van der Waals surface area contributed by atoms with E-state index < -0.39 is 0 Å². The molecule has 2 heteroatoms. The van der Waals surface area contributed by atoms with E-state index in [1.54, 1.807) is 0 Å². The van der Waals surface area contributed by atoms with Crippen LogP contribution in [0.15, 0.2) is 24.9 Å². The van der Waals surface area contributed by atoms with Crippen LogP contribution in [0.4, 0.5) is 0 Å². The van der Waals surface area contributed by atoms with Gasteiger partial charge in [0.05, 0.1) is 5.44 Å². The molecule has 17 heavy (non-hydrogen) atoms. The largest absolute Gasteiger partial charge is 0.256 e. The zero-order chi connectivity index (χ0) is 13.7. The van der Waals surface area contributed by atoms with Crippen LogP contribution in [0.3, 0.4) is 0 Å². The molecule has 96 valence electrons. The number of aromatic nitrogens is 1. The molecule has 0 N–H and O–H groups in total. The van der Waals surface area contributed by atoms with Gasteiger partial charge in [0.25, 0.3) is 0 Å². The first-order valence-electron chi connectivity index (χ1n) is 6.20. The van der Waals surface area contributed by atoms with E-state index in [4.69, 9.17) is 0 Å². The Balaban J connectivity index is 0. The summed E-state index contributed by atoms with van der Waals surface area (Å²) in [5.41, 5.74) is 3.18. The van der Waals surface area contributed by atoms with E-state index in [1.165, 1.54) is 6.42 Å². The van der Waals surface area contributed by atoms with Crippen LogP contribution in [0.1, 0.15) is 52.2 Å². The van der Waals surface area contributed by atoms with Gasteiger partial charge in [0.1, 0.15) is 0 Å². The third-order valence-electron chi connectivity index (χ3n) is 1.56. The maximum absolute atomic E-state index is 4.15. The molecule has 1 aromatic rings. The highest BCUT2D eigenvalue weighted by molar-refractivity contribution is 7.26. The van der Waals surface area contributed by atoms with Crippen molar-refractivity contribution in [1.82, 2.24) is 4.98 Å². The summed E-state index contributed by atoms with van der Waals surface area (Å²) in [6, 6.07) is 2.02. The second-order valence-corrected chi connectivity index (χ2v) is 3.74. The smallest absolute Gasteiger partial charge is 0.0575 e. The van der Waals surface area contributed by atoms with Crippen LogP contribution in [0.2, 0.25) is 0 Å². The summed E-state index contributed by atoms with van der Waals surface area (Å²) in [7, 11) is 2.58. The Morgan fingerprint density at radius 1 is 1.29 bits per heavy atom. The molecule has 1 unspecified atom stereocenters. The summed E-state index contributed by atoms with van der Waals surface area (Å²) in [4.78, 5) is 4.15. The minimum absolute atomic E-state index is 0.953. The van der Waals surface area contributed by atoms with Gasteiger partial charge >= 0.3 is 0 Å². The summed E-state index contributed by atoms with van der Waals surface area (Å²) in [5, 5.41) is 0. The van der Waals surface area contributed by atoms with Gasteiger partial charge in [0.2, 0.25) is 0 Å². The molecule has 0 aliphatic heterocycles. The first kappa shape index (κ1) is 18.4. The fourth-order valence-electron chi connectivity index (χ4n) is 0.993. The summed E-state index contributed by atoms with van der Waals surface area (Å²) in [6.45, 7) is 14.0. The summed E-state index contributed by atoms with van der Waals surface area (Å²) >= 11 is 0. The van der Waals surface area contributed by atoms with E-state index in [0.29, 0.717) is 0 Å². The first-order valence-corrected chi connectivity index (χ1v) is 6.77. The predicted octanol–water partition coefficient (Wildman–Crippen LogP) is 4.70. The number of rotatable bonds is 2. The number of hydrogen-bond donors (Lipinski definition) is 0. The van der Waals surface area contributed by atoms with E-state index in [2.05, 4.69) is 34.7 Å². The zero-order valence-corrected chi connectivity index (χ0v) is 13.0. The molecule has 1 atom stereocenters. The van der Waals surface area contributed by atoms with Crippen LogP contribution in [0.25, 0.3) is 12.2 Å². The summed E-state index contributed by atoms with van der Waals surface area (Å²) in [5.74, 6) is 0. The second kappa shape index (κ2) is 13.1. The van der Waals surface area contributed by atoms with Crippen LogP contribution in [0, 0.1) is 0 Å². The lowest BCUT2D eigenvalue weighted by Gasteiger charge is -2.00. The molecule has 0 saturated carbocycles. The van der Waals surface area contributed by atoms with Crippen molar-refractivity contribution in [3.63, 3.8) is 0 Å². The standard InChI is InChI=1S/C10H12NP.C3H8.C2H6/c1-3-5-9-6-10(12)11-7-8(9)4-2;1-3-2;1-2/h3-7H,2,12H2,1H3;3H2,1-2H3;1-2H3/b5-3-;;. The Kier molecular flexibility index (Phi) is 14.2. The van der Waals surface area contributed by atoms with Crippen molar-refractivity contribution in [3.05, 3.63) is 36.0 Å². The minimum Gasteiger partial charge on any atom is -0.256 e. The van der Waals surface area contributed by atoms with Crippen molar-refractivity contribution < 1.29 is 0 Å². The third kappa shape index (κ3) is 8.83. The molecule has 0 aromatic carbocycles. The fraction of sp³-hybridized carbons (Fsp3) is 0.400. The maximum Gasteiger partial charge on any atom is 0.0575 e. The average Bonchev–Trinajstić information content (AvgIpc) is 2.33. The number of hydrogen-bond acceptors (Lipinski definition) is 1. The van der Waals surface area contributed by atoms with E-state index in [1.807, 2.05) is 51.3 Å². The Morgan fingerprint density at radius 2 is 1.82 bits per heavy atom. The molecular weight excluding hydrogens is 225 g/mol. The number of allylic oxidation sites excluding steroid dienone is 1. The molecule has 0 aliphatic carbocycles. The highest BCUT2D eigenvalue weighted by atomic mass is 31.0. The fourth-order valence-corrected chi connectivity index (χ4v) is 1.25. The van der Waals surface area contributed by atoms with Gasteiger partial charge < -0.3 is 0 Å². The molecule has 1 nitrogen and oxygen atoms in total. The Bertz CT molecular complexity index is 330. The molecule has 0 spiro atoms. The first-order chi connectivity index (χ1) is 8.19. The molecule has 1 heterocycles. The third-order valence-corrected chi connectivity index (χ3v) is 1.87. The molecule has 0 bridgehead atoms. The highest BCUT2D eigenvalue weighted by Crippen LogP contribution is 2.09. The van der Waals surface area contributed by atoms with Crippen molar-refractivity contribution in [2.24, 2.45) is 0 Å². The lowest BCUT2D eigenvalue weighted by Crippen LogP contribution is -1.98. The quantitative estimate of drug-likeness (QED) is 0.694. The molecule has 0 fully saturated rings. The van der Waals surface area contributed by atoms with Crippen molar-refractivity contribution >= 4 is 26.8 Å². The van der Waals surface area contributed by atoms with Gasteiger partial charge in [-0.15, -0.1) is 0 Å². The molecule has 1 rings (SSSR count). The average molecular weight is 251 g/mol. The predicted molar refractivity (Wildman–Crippen MR) is 85.7 cm³/mol. The highest BCUT2D eigenvalue weighted by Gasteiger charge is 1.95. The Hall–Kier alpha value is -0.940. The summed E-state index contributed by atoms with van der Waals surface area (Å²) in [6.07, 6.45) is 8.94. The number of nitrogens with zero attached hydrogens (tertiary/aromatic N) is 1. The lowest BCUT2D eigenvalue weighted by atomic mass is 10.1. The van der Waals surface area contributed by atoms with E-state index >= 15 is 0 Å². The molecule has 0 radical (unpaired) electrons. The van der Waals surface area contributed by atoms with Crippen molar-refractivity contribution in [1.29, 1.82) is 0 Å². The van der Waals surface area contributed by atoms with Gasteiger partial charge in [-0.25, -0.2) is 0 Å². The normalized spacial score (nSPS) is 8.82. The van der Waals surface area contributed by atoms with Crippen molar-refractivity contribution in [3.8, 4) is 0 Å². The van der Waals surface area contributed by atoms with Gasteiger partial charge in [-0.1, -0.05) is 68.2 Å². The van der Waals surface area contributed by atoms with Crippen LogP contribution in [-0.2, 0) is 0 Å². The Labute approximate surface area is 109 Å². The molecular formula is C15H26NP. The van der Waals surface area contributed by atoms with Gasteiger partial charge in [-0.3, -0.25) is 4.98 Å². The summed E-state index contributed by atoms with van der Waals surface area (Å²) < 4.78 is 0. The van der Waals surface area contributed by atoms with E-state index in [9.17, 15) is 0 Å². The van der Waals surface area contributed by atoms with E-state index in [-0.39, 0.29) is 0 Å². The second-order valence-electron chi connectivity index (χ2n) is 3.15. The van der Waals surface area contributed by atoms with Crippen LogP contribution < -0.4 is 5.44 Å². The molecule has 0 aliphatic rings. The molecule has 0 saturated heterocycles. The van der Waals surface area contributed by atoms with Crippen LogP contribution in [0.5, 0.6) is 0 Å². The monoisotopic (exact) mass is 251 g/mol. The van der Waals surface area contributed by atoms with Crippen molar-refractivity contribution in [2.45, 2.75) is 41.0 Å². The van der Waals surface area contributed by atoms with Gasteiger partial charge in [-0.05, 0) is 24.1 Å². The SMILES string of the molecule is C=Cc1cnc(P)cc1/C=C\C.CC.CCC. The van der Waals surface area contributed by atoms with Crippen LogP contribution >= 0.6 is 9.24 Å². The zero-order valence-electron chi connectivity index (χ0n) is 11.8. The minimum atomic E-state index is 0.953. The van der Waals surface area contributed by atoms with Crippen molar-refractivity contribution in [2.75, 3.05) is 0 Å². The van der Waals surface area contributed by atoms with Gasteiger partial charge in [0.15, 0.2) is 0 Å². The molecule has 1 aromatic heterocycles.